The lowest BCUT2D eigenvalue weighted by Gasteiger charge is -2.34. The maximum absolute atomic E-state index is 13.4. The fourth-order valence-corrected chi connectivity index (χ4v) is 4.27. The van der Waals surface area contributed by atoms with E-state index in [9.17, 15) is 27.9 Å². The number of amides is 2. The van der Waals surface area contributed by atoms with Crippen molar-refractivity contribution in [2.45, 2.75) is 19.0 Å². The third kappa shape index (κ3) is 4.98. The predicted octanol–water partition coefficient (Wildman–Crippen LogP) is 3.05. The van der Waals surface area contributed by atoms with Crippen LogP contribution < -0.4 is 10.2 Å². The van der Waals surface area contributed by atoms with Gasteiger partial charge in [-0.15, -0.1) is 0 Å². The average Bonchev–Trinajstić information content (AvgIpc) is 3.63. The molecule has 1 saturated heterocycles. The number of allylic oxidation sites excluding steroid dienone is 4. The van der Waals surface area contributed by atoms with Crippen LogP contribution in [0.25, 0.3) is 0 Å². The fourth-order valence-electron chi connectivity index (χ4n) is 3.81. The van der Waals surface area contributed by atoms with Crippen LogP contribution in [0.5, 0.6) is 5.75 Å². The van der Waals surface area contributed by atoms with E-state index in [0.717, 1.165) is 29.1 Å². The largest absolute Gasteiger partial charge is 0.508 e. The Labute approximate surface area is 202 Å². The van der Waals surface area contributed by atoms with E-state index in [1.807, 2.05) is 0 Å². The summed E-state index contributed by atoms with van der Waals surface area (Å²) in [5, 5.41) is 18.3. The van der Waals surface area contributed by atoms with E-state index >= 15 is 0 Å². The quantitative estimate of drug-likeness (QED) is 0.537. The van der Waals surface area contributed by atoms with Crippen molar-refractivity contribution < 1.29 is 33.2 Å². The number of aromatic hydroxyl groups is 1. The number of hydrogen-bond acceptors (Lipinski definition) is 4. The number of carbonyl (C=O) groups is 2. The lowest BCUT2D eigenvalue weighted by Crippen LogP contribution is -2.83. The second-order valence-electron chi connectivity index (χ2n) is 8.21. The van der Waals surface area contributed by atoms with Gasteiger partial charge in [0.25, 0.3) is 5.91 Å². The molecule has 1 aromatic carbocycles. The van der Waals surface area contributed by atoms with Gasteiger partial charge in [-0.2, -0.15) is 13.2 Å². The fraction of sp³-hybridized carbons (Fsp3) is 0.318. The molecule has 4 rings (SSSR count). The Kier molecular flexibility index (Phi) is 6.50. The highest BCUT2D eigenvalue weighted by atomic mass is 35.5. The number of quaternary nitrogens is 1. The van der Waals surface area contributed by atoms with Gasteiger partial charge in [-0.3, -0.25) is 20.3 Å². The molecule has 0 aromatic heterocycles. The first-order chi connectivity index (χ1) is 16.0. The summed E-state index contributed by atoms with van der Waals surface area (Å²) in [6, 6.07) is 4.14. The number of carbonyl (C=O) groups excluding carboxylic acids is 2. The summed E-state index contributed by atoms with van der Waals surface area (Å²) < 4.78 is 40.1. The van der Waals surface area contributed by atoms with Gasteiger partial charge in [0, 0.05) is 31.3 Å². The van der Waals surface area contributed by atoms with Crippen LogP contribution in [0.1, 0.15) is 12.8 Å². The number of piperazine rings is 1. The smallest absolute Gasteiger partial charge is 0.467 e. The number of rotatable bonds is 4. The molecule has 2 aliphatic heterocycles. The molecular formula is C22H20Cl2F3N4O3+. The van der Waals surface area contributed by atoms with Gasteiger partial charge in [0.1, 0.15) is 23.0 Å². The second kappa shape index (κ2) is 9.09. The maximum atomic E-state index is 13.4. The van der Waals surface area contributed by atoms with Gasteiger partial charge in [0.2, 0.25) is 11.6 Å². The van der Waals surface area contributed by atoms with Crippen LogP contribution in [0.15, 0.2) is 52.4 Å². The van der Waals surface area contributed by atoms with Crippen molar-refractivity contribution in [3.63, 3.8) is 0 Å². The molecule has 2 amide bonds. The lowest BCUT2D eigenvalue weighted by atomic mass is 10.0. The van der Waals surface area contributed by atoms with Crippen molar-refractivity contribution in [3.8, 4) is 5.75 Å². The Balaban J connectivity index is 1.50. The Hall–Kier alpha value is -2.82. The molecule has 0 bridgehead atoms. The van der Waals surface area contributed by atoms with Crippen LogP contribution in [0, 0.1) is 11.3 Å². The zero-order chi connectivity index (χ0) is 24.8. The molecule has 12 heteroatoms. The van der Waals surface area contributed by atoms with Crippen LogP contribution in [0.3, 0.4) is 0 Å². The summed E-state index contributed by atoms with van der Waals surface area (Å²) in [7, 11) is 0. The topological polar surface area (TPSA) is 101 Å². The van der Waals surface area contributed by atoms with E-state index in [4.69, 9.17) is 28.6 Å². The minimum atomic E-state index is -4.60. The summed E-state index contributed by atoms with van der Waals surface area (Å²) in [5.74, 6) is -1.38. The van der Waals surface area contributed by atoms with Crippen LogP contribution >= 0.6 is 23.2 Å². The molecular weight excluding hydrogens is 496 g/mol. The molecule has 4 N–H and O–H groups in total. The predicted molar refractivity (Wildman–Crippen MR) is 120 cm³/mol. The molecule has 0 unspecified atom stereocenters. The van der Waals surface area contributed by atoms with Crippen molar-refractivity contribution in [3.05, 3.63) is 57.4 Å². The van der Waals surface area contributed by atoms with Crippen LogP contribution in [-0.2, 0) is 9.59 Å². The summed E-state index contributed by atoms with van der Waals surface area (Å²) in [6.07, 6.45) is -0.504. The number of phenols is 1. The van der Waals surface area contributed by atoms with Crippen molar-refractivity contribution in [2.75, 3.05) is 24.5 Å². The first-order valence-corrected chi connectivity index (χ1v) is 11.1. The summed E-state index contributed by atoms with van der Waals surface area (Å²) in [6.45, 7) is -0.224. The van der Waals surface area contributed by atoms with E-state index in [2.05, 4.69) is 0 Å². The lowest BCUT2D eigenvalue weighted by molar-refractivity contribution is -0.574. The number of nitrogens with zero attached hydrogens (tertiary/aromatic N) is 2. The van der Waals surface area contributed by atoms with Gasteiger partial charge < -0.3 is 14.9 Å². The van der Waals surface area contributed by atoms with E-state index in [1.54, 1.807) is 0 Å². The molecule has 7 nitrogen and oxygen atoms in total. The summed E-state index contributed by atoms with van der Waals surface area (Å²) >= 11 is 12.3. The van der Waals surface area contributed by atoms with Gasteiger partial charge in [-0.1, -0.05) is 23.2 Å². The molecule has 2 fully saturated rings. The highest BCUT2D eigenvalue weighted by molar-refractivity contribution is 6.58. The van der Waals surface area contributed by atoms with E-state index < -0.39 is 34.4 Å². The third-order valence-corrected chi connectivity index (χ3v) is 6.46. The van der Waals surface area contributed by atoms with Crippen molar-refractivity contribution in [2.24, 2.45) is 5.92 Å². The van der Waals surface area contributed by atoms with Crippen molar-refractivity contribution >= 4 is 46.4 Å². The summed E-state index contributed by atoms with van der Waals surface area (Å²) in [4.78, 5) is 28.0. The first-order valence-electron chi connectivity index (χ1n) is 10.4. The number of phenolic OH excluding ortho intramolecular Hbond substituents is 1. The van der Waals surface area contributed by atoms with Gasteiger partial charge >= 0.3 is 6.18 Å². The zero-order valence-electron chi connectivity index (χ0n) is 17.6. The second-order valence-corrected chi connectivity index (χ2v) is 9.00. The third-order valence-electron chi connectivity index (χ3n) is 5.75. The maximum Gasteiger partial charge on any atom is 0.467 e. The van der Waals surface area contributed by atoms with Crippen LogP contribution in [-0.4, -0.2) is 53.3 Å². The number of nitrogens with one attached hydrogen (secondary N) is 1. The molecule has 0 radical (unpaired) electrons. The number of nitrogens with two attached hydrogens (primary N) is 1. The Morgan fingerprint density at radius 2 is 1.91 bits per heavy atom. The average molecular weight is 516 g/mol. The minimum absolute atomic E-state index is 0.00724. The van der Waals surface area contributed by atoms with Gasteiger partial charge in [-0.25, -0.2) is 0 Å². The van der Waals surface area contributed by atoms with Crippen LogP contribution in [0.2, 0.25) is 5.02 Å². The Morgan fingerprint density at radius 1 is 1.21 bits per heavy atom. The van der Waals surface area contributed by atoms with E-state index in [0.29, 0.717) is 11.3 Å². The number of hydrogen-bond donors (Lipinski definition) is 3. The van der Waals surface area contributed by atoms with E-state index in [-0.39, 0.29) is 42.0 Å². The SMILES string of the molecule is N=C(C(=O)N1CCN(c2ccc(O)cc2Cl)C(=O)C1)/C(Cl)=C1/C=C(C2CC2)C=C(C(F)(F)F)[NH2+]1. The van der Waals surface area contributed by atoms with Gasteiger partial charge in [0.15, 0.2) is 5.70 Å². The van der Waals surface area contributed by atoms with Crippen LogP contribution in [0.4, 0.5) is 18.9 Å². The molecule has 2 heterocycles. The highest BCUT2D eigenvalue weighted by Gasteiger charge is 2.43. The zero-order valence-corrected chi connectivity index (χ0v) is 19.1. The molecule has 1 aromatic rings. The van der Waals surface area contributed by atoms with Gasteiger partial charge in [-0.05, 0) is 36.5 Å². The minimum Gasteiger partial charge on any atom is -0.508 e. The van der Waals surface area contributed by atoms with Crippen molar-refractivity contribution in [1.82, 2.24) is 4.90 Å². The van der Waals surface area contributed by atoms with Crippen molar-refractivity contribution in [1.29, 1.82) is 5.41 Å². The standard InChI is InChI=1S/C22H19Cl2F3N4O3/c23-14-9-13(32)3-4-16(14)31-6-5-30(10-18(31)33)21(34)20(28)19(24)15-7-12(11-1-2-11)8-17(29-15)22(25,26)27/h3-4,7-9,11,28-29,32H,1-2,5-6,10H2/p+1/b19-15+,28-20?. The number of anilines is 1. The monoisotopic (exact) mass is 515 g/mol. The normalized spacial score (nSPS) is 20.7. The highest BCUT2D eigenvalue weighted by Crippen LogP contribution is 2.40. The molecule has 34 heavy (non-hydrogen) atoms. The van der Waals surface area contributed by atoms with Gasteiger partial charge in [0.05, 0.1) is 10.7 Å². The number of alkyl halides is 3. The Bertz CT molecular complexity index is 1170. The molecule has 1 aliphatic carbocycles. The Morgan fingerprint density at radius 3 is 2.50 bits per heavy atom. The van der Waals surface area contributed by atoms with E-state index in [1.165, 1.54) is 29.2 Å². The molecule has 1 saturated carbocycles. The molecule has 3 aliphatic rings. The molecule has 180 valence electrons. The number of benzene rings is 1. The first kappa shape index (κ1) is 24.3. The molecule has 0 spiro atoms. The molecule has 0 atom stereocenters. The summed E-state index contributed by atoms with van der Waals surface area (Å²) in [5.41, 5.74) is -0.797. The number of halogens is 5.